The standard InChI is InChI=1S/C35H30FN5O7S/c1-3-25-17-28-32(43)40(19-29(23-13-15-24(36)16-14-23)38-47-20-30(42)46-4-2)35(45)41(33(28)49-25)18-21-9-11-22(12-10-21)26-7-5-6-8-27(26)31-37-34(44)48-39-31/h5-17H,3-4,18-20H2,1-2H3,(H,37,39,44)/b38-29+. The van der Waals surface area contributed by atoms with Crippen LogP contribution in [0.3, 0.4) is 0 Å². The highest BCUT2D eigenvalue weighted by molar-refractivity contribution is 7.18. The Morgan fingerprint density at radius 1 is 0.980 bits per heavy atom. The Kier molecular flexibility index (Phi) is 9.76. The molecule has 0 bridgehead atoms. The molecule has 0 amide bonds. The van der Waals surface area contributed by atoms with E-state index in [1.165, 1.54) is 35.6 Å². The van der Waals surface area contributed by atoms with Crippen molar-refractivity contribution in [2.45, 2.75) is 33.4 Å². The number of hydrogen-bond acceptors (Lipinski definition) is 10. The van der Waals surface area contributed by atoms with E-state index in [2.05, 4.69) is 15.3 Å². The summed E-state index contributed by atoms with van der Waals surface area (Å²) in [5.41, 5.74) is 2.58. The Balaban J connectivity index is 1.38. The van der Waals surface area contributed by atoms with Crippen LogP contribution < -0.4 is 17.0 Å². The molecule has 0 radical (unpaired) electrons. The van der Waals surface area contributed by atoms with Crippen LogP contribution in [0.1, 0.15) is 29.9 Å². The number of thiophene rings is 1. The first kappa shape index (κ1) is 33.0. The molecule has 0 saturated heterocycles. The molecule has 250 valence electrons. The van der Waals surface area contributed by atoms with Gasteiger partial charge in [0.05, 0.1) is 25.1 Å². The summed E-state index contributed by atoms with van der Waals surface area (Å²) in [6, 6.07) is 22.1. The number of aromatic amines is 1. The lowest BCUT2D eigenvalue weighted by atomic mass is 9.98. The monoisotopic (exact) mass is 683 g/mol. The van der Waals surface area contributed by atoms with E-state index in [9.17, 15) is 23.6 Å². The van der Waals surface area contributed by atoms with E-state index < -0.39 is 35.4 Å². The predicted molar refractivity (Wildman–Crippen MR) is 182 cm³/mol. The Labute approximate surface area is 281 Å². The van der Waals surface area contributed by atoms with Crippen molar-refractivity contribution in [3.8, 4) is 22.5 Å². The topological polar surface area (TPSA) is 151 Å². The van der Waals surface area contributed by atoms with Crippen molar-refractivity contribution in [2.24, 2.45) is 5.16 Å². The fourth-order valence-corrected chi connectivity index (χ4v) is 6.37. The quantitative estimate of drug-likeness (QED) is 0.108. The molecule has 3 aromatic carbocycles. The van der Waals surface area contributed by atoms with Gasteiger partial charge in [-0.25, -0.2) is 18.8 Å². The molecular weight excluding hydrogens is 653 g/mol. The van der Waals surface area contributed by atoms with Crippen LogP contribution >= 0.6 is 11.3 Å². The van der Waals surface area contributed by atoms with Gasteiger partial charge in [0.1, 0.15) is 16.4 Å². The average Bonchev–Trinajstić information content (AvgIpc) is 3.75. The largest absolute Gasteiger partial charge is 0.463 e. The van der Waals surface area contributed by atoms with Gasteiger partial charge >= 0.3 is 17.4 Å². The van der Waals surface area contributed by atoms with Crippen LogP contribution in [0.2, 0.25) is 0 Å². The molecule has 3 heterocycles. The summed E-state index contributed by atoms with van der Waals surface area (Å²) in [7, 11) is 0. The van der Waals surface area contributed by atoms with E-state index in [0.717, 1.165) is 26.1 Å². The molecule has 1 N–H and O–H groups in total. The predicted octanol–water partition coefficient (Wildman–Crippen LogP) is 4.97. The minimum absolute atomic E-state index is 0.136. The molecule has 0 aliphatic carbocycles. The van der Waals surface area contributed by atoms with Crippen LogP contribution in [0, 0.1) is 5.82 Å². The van der Waals surface area contributed by atoms with Crippen LogP contribution in [0.5, 0.6) is 0 Å². The SMILES string of the molecule is CCOC(=O)CO/N=C(\Cn1c(=O)c2cc(CC)sc2n(Cc2ccc(-c3ccccc3-c3noc(=O)[nH]3)cc2)c1=O)c1ccc(F)cc1. The van der Waals surface area contributed by atoms with Gasteiger partial charge in [-0.2, -0.15) is 0 Å². The molecular formula is C35H30FN5O7S. The summed E-state index contributed by atoms with van der Waals surface area (Å²) in [6.45, 7) is 3.15. The number of nitrogens with one attached hydrogen (secondary N) is 1. The minimum atomic E-state index is -0.654. The van der Waals surface area contributed by atoms with E-state index in [1.54, 1.807) is 17.6 Å². The first-order chi connectivity index (χ1) is 23.7. The van der Waals surface area contributed by atoms with E-state index in [-0.39, 0.29) is 25.4 Å². The zero-order valence-electron chi connectivity index (χ0n) is 26.5. The van der Waals surface area contributed by atoms with Gasteiger partial charge in [-0.15, -0.1) is 11.3 Å². The van der Waals surface area contributed by atoms with Crippen LogP contribution in [0.4, 0.5) is 4.39 Å². The van der Waals surface area contributed by atoms with Gasteiger partial charge < -0.3 is 9.57 Å². The molecule has 0 atom stereocenters. The van der Waals surface area contributed by atoms with Gasteiger partial charge in [0.15, 0.2) is 5.82 Å². The maximum Gasteiger partial charge on any atom is 0.439 e. The van der Waals surface area contributed by atoms with Crippen LogP contribution in [0.25, 0.3) is 32.7 Å². The molecule has 0 fully saturated rings. The molecule has 12 nitrogen and oxygen atoms in total. The van der Waals surface area contributed by atoms with Gasteiger partial charge in [0, 0.05) is 16.0 Å². The van der Waals surface area contributed by atoms with Gasteiger partial charge in [0.2, 0.25) is 6.61 Å². The van der Waals surface area contributed by atoms with Crippen molar-refractivity contribution in [1.82, 2.24) is 19.3 Å². The number of aromatic nitrogens is 4. The Hall–Kier alpha value is -5.89. The van der Waals surface area contributed by atoms with Gasteiger partial charge in [0.25, 0.3) is 5.56 Å². The summed E-state index contributed by atoms with van der Waals surface area (Å²) >= 11 is 1.38. The highest BCUT2D eigenvalue weighted by atomic mass is 32.1. The number of halogens is 1. The average molecular weight is 684 g/mol. The summed E-state index contributed by atoms with van der Waals surface area (Å²) in [5, 5.41) is 8.26. The maximum atomic E-state index is 14.1. The normalized spacial score (nSPS) is 11.6. The molecule has 3 aromatic heterocycles. The second kappa shape index (κ2) is 14.5. The van der Waals surface area contributed by atoms with Gasteiger partial charge in [-0.3, -0.25) is 23.4 Å². The molecule has 0 aliphatic rings. The number of fused-ring (bicyclic) bond motifs is 1. The van der Waals surface area contributed by atoms with E-state index in [1.807, 2.05) is 55.5 Å². The van der Waals surface area contributed by atoms with E-state index in [0.29, 0.717) is 33.6 Å². The number of benzene rings is 3. The Morgan fingerprint density at radius 2 is 1.71 bits per heavy atom. The smallest absolute Gasteiger partial charge is 0.439 e. The highest BCUT2D eigenvalue weighted by Crippen LogP contribution is 2.30. The number of nitrogens with zero attached hydrogens (tertiary/aromatic N) is 4. The van der Waals surface area contributed by atoms with Gasteiger partial charge in [-0.05, 0) is 48.2 Å². The summed E-state index contributed by atoms with van der Waals surface area (Å²) < 4.78 is 26.0. The molecule has 0 unspecified atom stereocenters. The lowest BCUT2D eigenvalue weighted by Crippen LogP contribution is -2.41. The van der Waals surface area contributed by atoms with Crippen LogP contribution in [0.15, 0.2) is 103 Å². The van der Waals surface area contributed by atoms with Crippen molar-refractivity contribution in [1.29, 1.82) is 0 Å². The Morgan fingerprint density at radius 3 is 2.39 bits per heavy atom. The summed E-state index contributed by atoms with van der Waals surface area (Å²) in [6.07, 6.45) is 0.669. The lowest BCUT2D eigenvalue weighted by molar-refractivity contribution is -0.148. The number of rotatable bonds is 12. The highest BCUT2D eigenvalue weighted by Gasteiger charge is 2.20. The van der Waals surface area contributed by atoms with E-state index in [4.69, 9.17) is 14.1 Å². The number of H-pyrrole nitrogens is 1. The fourth-order valence-electron chi connectivity index (χ4n) is 5.29. The van der Waals surface area contributed by atoms with Crippen molar-refractivity contribution in [3.63, 3.8) is 0 Å². The first-order valence-electron chi connectivity index (χ1n) is 15.4. The number of ether oxygens (including phenoxy) is 1. The second-order valence-corrected chi connectivity index (χ2v) is 12.0. The third-order valence-electron chi connectivity index (χ3n) is 7.67. The zero-order valence-corrected chi connectivity index (χ0v) is 27.3. The van der Waals surface area contributed by atoms with Crippen molar-refractivity contribution in [3.05, 3.63) is 132 Å². The van der Waals surface area contributed by atoms with Crippen molar-refractivity contribution in [2.75, 3.05) is 13.2 Å². The van der Waals surface area contributed by atoms with Crippen LogP contribution in [-0.2, 0) is 33.9 Å². The number of oxime groups is 1. The number of carbonyl (C=O) groups is 1. The fraction of sp³-hybridized carbons (Fsp3) is 0.200. The molecule has 14 heteroatoms. The summed E-state index contributed by atoms with van der Waals surface area (Å²) in [5.74, 6) is -1.47. The maximum absolute atomic E-state index is 14.1. The molecule has 49 heavy (non-hydrogen) atoms. The zero-order chi connectivity index (χ0) is 34.5. The number of esters is 1. The number of carbonyl (C=O) groups excluding carboxylic acids is 1. The number of aryl methyl sites for hydroxylation is 1. The van der Waals surface area contributed by atoms with E-state index >= 15 is 0 Å². The molecule has 6 aromatic rings. The molecule has 0 spiro atoms. The molecule has 0 saturated carbocycles. The molecule has 6 rings (SSSR count). The van der Waals surface area contributed by atoms with Crippen LogP contribution in [-0.4, -0.2) is 44.2 Å². The summed E-state index contributed by atoms with van der Waals surface area (Å²) in [4.78, 5) is 60.7. The van der Waals surface area contributed by atoms with Crippen molar-refractivity contribution < 1.29 is 23.3 Å². The lowest BCUT2D eigenvalue weighted by Gasteiger charge is -2.14. The third-order valence-corrected chi connectivity index (χ3v) is 8.97. The second-order valence-electron chi connectivity index (χ2n) is 10.9. The van der Waals surface area contributed by atoms with Gasteiger partial charge in [-0.1, -0.05) is 77.9 Å². The number of hydrogen-bond donors (Lipinski definition) is 1. The van der Waals surface area contributed by atoms with Crippen molar-refractivity contribution >= 4 is 33.2 Å². The molecule has 0 aliphatic heterocycles. The first-order valence-corrected chi connectivity index (χ1v) is 16.2. The minimum Gasteiger partial charge on any atom is -0.463 e. The Bertz CT molecular complexity index is 2330. The third kappa shape index (κ3) is 7.18.